The summed E-state index contributed by atoms with van der Waals surface area (Å²) >= 11 is 0. The van der Waals surface area contributed by atoms with Crippen molar-refractivity contribution >= 4 is 51.2 Å². The minimum atomic E-state index is -3.11. The van der Waals surface area contributed by atoms with Crippen molar-refractivity contribution in [1.29, 1.82) is 0 Å². The maximum Gasteiger partial charge on any atom is 1.00 e. The van der Waals surface area contributed by atoms with Crippen molar-refractivity contribution in [2.45, 2.75) is 13.8 Å². The summed E-state index contributed by atoms with van der Waals surface area (Å²) in [4.78, 5) is 62.8. The summed E-state index contributed by atoms with van der Waals surface area (Å²) in [7, 11) is -3.11. The van der Waals surface area contributed by atoms with Crippen LogP contribution in [0.2, 0.25) is 0 Å². The number of rotatable bonds is 7. The topological polar surface area (TPSA) is 253 Å². The Morgan fingerprint density at radius 2 is 1.30 bits per heavy atom. The van der Waals surface area contributed by atoms with E-state index in [9.17, 15) is 14.4 Å². The molecule has 0 unspecified atom stereocenters. The molecule has 1 amide bonds. The number of hydrogen-bond donors (Lipinski definition) is 5. The molecule has 0 saturated carbocycles. The van der Waals surface area contributed by atoms with Gasteiger partial charge in [0.05, 0.1) is 12.7 Å². The van der Waals surface area contributed by atoms with E-state index in [2.05, 4.69) is 75.5 Å². The molecule has 0 spiro atoms. The van der Waals surface area contributed by atoms with E-state index in [0.717, 1.165) is 82.9 Å². The maximum absolute atomic E-state index is 12.0. The number of nitrogens with two attached hydrogens (primary N) is 2. The Bertz CT molecular complexity index is 2090. The molecular weight excluding hydrogens is 728 g/mol. The molecule has 18 nitrogen and oxygen atoms in total. The van der Waals surface area contributed by atoms with Crippen molar-refractivity contribution in [2.75, 3.05) is 81.0 Å². The number of fused-ring (bicyclic) bond motifs is 1. The molecule has 2 aliphatic rings. The molecular formula is C34H45N12NaO6S. The van der Waals surface area contributed by atoms with Crippen LogP contribution in [0.4, 0.5) is 17.2 Å². The van der Waals surface area contributed by atoms with Crippen molar-refractivity contribution in [2.24, 2.45) is 5.73 Å². The molecule has 54 heavy (non-hydrogen) atoms. The number of amides is 1. The number of carbonyl (C=O) groups is 2. The second-order valence-electron chi connectivity index (χ2n) is 11.8. The van der Waals surface area contributed by atoms with Gasteiger partial charge in [0.2, 0.25) is 0 Å². The van der Waals surface area contributed by atoms with Crippen LogP contribution >= 0.6 is 0 Å². The Kier molecular flexibility index (Phi) is 17.5. The summed E-state index contributed by atoms with van der Waals surface area (Å²) in [5, 5.41) is 0. The van der Waals surface area contributed by atoms with E-state index in [1.165, 1.54) is 24.0 Å². The molecule has 7 rings (SSSR count). The minimum absolute atomic E-state index is 0. The van der Waals surface area contributed by atoms with E-state index >= 15 is 0 Å². The fraction of sp³-hybridized carbons (Fsp3) is 0.353. The van der Waals surface area contributed by atoms with Crippen molar-refractivity contribution in [3.05, 3.63) is 82.8 Å². The number of nitrogens with one attached hydrogen (secondary N) is 3. The number of anilines is 3. The van der Waals surface area contributed by atoms with Crippen molar-refractivity contribution in [3.8, 4) is 11.4 Å². The fourth-order valence-electron chi connectivity index (χ4n) is 5.72. The van der Waals surface area contributed by atoms with Crippen LogP contribution in [0.3, 0.4) is 0 Å². The fourth-order valence-corrected chi connectivity index (χ4v) is 5.72. The van der Waals surface area contributed by atoms with Gasteiger partial charge in [-0.25, -0.2) is 15.0 Å². The van der Waals surface area contributed by atoms with Crippen molar-refractivity contribution < 1.29 is 53.2 Å². The van der Waals surface area contributed by atoms with E-state index in [0.29, 0.717) is 17.0 Å². The molecule has 0 atom stereocenters. The summed E-state index contributed by atoms with van der Waals surface area (Å²) in [6.45, 7) is 15.4. The van der Waals surface area contributed by atoms with Gasteiger partial charge in [-0.05, 0) is 61.6 Å². The van der Waals surface area contributed by atoms with Gasteiger partial charge < -0.3 is 47.4 Å². The Labute approximate surface area is 337 Å². The number of hydrogen-bond acceptors (Lipinski definition) is 14. The third-order valence-corrected chi connectivity index (χ3v) is 8.75. The molecule has 2 aliphatic heterocycles. The zero-order valence-corrected chi connectivity index (χ0v) is 33.4. The largest absolute Gasteiger partial charge is 1.00 e. The van der Waals surface area contributed by atoms with Crippen LogP contribution in [0.25, 0.3) is 22.6 Å². The summed E-state index contributed by atoms with van der Waals surface area (Å²) < 4.78 is 25.3. The maximum atomic E-state index is 12.0. The standard InChI is InChI=1S/C17H20N6O.C13H18N2O.C4H6N4O.Na.O3S.H/c1-2-22-7-9-23(10-8-22)13-5-3-12(4-6-13)15-20-16-14(17(24)21-15)18-11-19-16;1-2-14-7-9-15(10-8-14)13-5-3-12(11-16)4-6-13;5-3-2(4(6)9)7-1-8-3;;1-4(2)3;/h3-6,11H,2,7-10H2,1H3,(H2,18,19,20,21,24);3-6,11H,2,7-10H2,1H3;1H,5H2,(H2,6,9)(H,7,8);;;/q;;;+1;;-1. The predicted molar refractivity (Wildman–Crippen MR) is 203 cm³/mol. The number of primary amides is 1. The summed E-state index contributed by atoms with van der Waals surface area (Å²) in [6.07, 6.45) is 3.68. The van der Waals surface area contributed by atoms with Gasteiger partial charge in [0, 0.05) is 74.9 Å². The van der Waals surface area contributed by atoms with Gasteiger partial charge in [-0.1, -0.05) is 13.8 Å². The van der Waals surface area contributed by atoms with Crippen LogP contribution in [-0.2, 0) is 10.6 Å². The third-order valence-electron chi connectivity index (χ3n) is 8.75. The first-order valence-corrected chi connectivity index (χ1v) is 17.9. The van der Waals surface area contributed by atoms with Crippen LogP contribution < -0.4 is 56.4 Å². The molecule has 2 aromatic carbocycles. The molecule has 5 aromatic rings. The summed E-state index contributed by atoms with van der Waals surface area (Å²) in [6, 6.07) is 16.0. The Hall–Kier alpha value is -4.92. The van der Waals surface area contributed by atoms with Crippen molar-refractivity contribution in [3.63, 3.8) is 0 Å². The normalized spacial score (nSPS) is 14.3. The SMILES string of the molecule is CCN1CCN(c2ccc(-c3nc4nc[nH]c4c(=O)[nH]3)cc2)CC1.CCN1CCN(c2ccc(C=O)cc2)CC1.NC(=O)c1[nH]cnc1N.O=S(=O)=O.[H-].[Na+]. The second-order valence-corrected chi connectivity index (χ2v) is 12.3. The molecule has 5 heterocycles. The molecule has 2 fully saturated rings. The average molecular weight is 773 g/mol. The number of carbonyl (C=O) groups excluding carboxylic acids is 2. The zero-order chi connectivity index (χ0) is 38.3. The van der Waals surface area contributed by atoms with E-state index in [-0.39, 0.29) is 48.1 Å². The number of aromatic amines is 3. The van der Waals surface area contributed by atoms with E-state index in [1.54, 1.807) is 0 Å². The van der Waals surface area contributed by atoms with Gasteiger partial charge in [0.25, 0.3) is 11.5 Å². The first kappa shape index (κ1) is 43.5. The first-order valence-electron chi connectivity index (χ1n) is 16.9. The van der Waals surface area contributed by atoms with E-state index in [1.807, 2.05) is 36.4 Å². The Balaban J connectivity index is 0.000000291. The van der Waals surface area contributed by atoms with Gasteiger partial charge in [-0.3, -0.25) is 14.4 Å². The Morgan fingerprint density at radius 3 is 1.70 bits per heavy atom. The quantitative estimate of drug-likeness (QED) is 0.0914. The monoisotopic (exact) mass is 772 g/mol. The number of aromatic nitrogens is 6. The first-order chi connectivity index (χ1) is 25.5. The van der Waals surface area contributed by atoms with Gasteiger partial charge in [-0.15, -0.1) is 12.6 Å². The molecule has 7 N–H and O–H groups in total. The van der Waals surface area contributed by atoms with Gasteiger partial charge in [-0.2, -0.15) is 0 Å². The van der Waals surface area contributed by atoms with Crippen molar-refractivity contribution in [1.82, 2.24) is 39.7 Å². The third kappa shape index (κ3) is 12.6. The number of nitrogen functional groups attached to an aromatic ring is 1. The second kappa shape index (κ2) is 21.7. The number of benzene rings is 2. The van der Waals surface area contributed by atoms with Crippen LogP contribution in [0.15, 0.2) is 66.0 Å². The number of imidazole rings is 2. The molecule has 284 valence electrons. The summed E-state index contributed by atoms with van der Waals surface area (Å²) in [5.74, 6) is 0.0921. The van der Waals surface area contributed by atoms with Gasteiger partial charge in [0.1, 0.15) is 17.8 Å². The van der Waals surface area contributed by atoms with Crippen LogP contribution in [0, 0.1) is 0 Å². The van der Waals surface area contributed by atoms with Crippen LogP contribution in [0.1, 0.15) is 36.1 Å². The van der Waals surface area contributed by atoms with Crippen LogP contribution in [-0.4, -0.2) is 130 Å². The molecule has 2 saturated heterocycles. The van der Waals surface area contributed by atoms with E-state index in [4.69, 9.17) is 24.1 Å². The number of nitrogens with zero attached hydrogens (tertiary/aromatic N) is 7. The number of H-pyrrole nitrogens is 3. The number of piperazine rings is 2. The Morgan fingerprint density at radius 1 is 0.815 bits per heavy atom. The smallest absolute Gasteiger partial charge is 1.00 e. The minimum Gasteiger partial charge on any atom is -1.00 e. The predicted octanol–water partition coefficient (Wildman–Crippen LogP) is -1.70. The molecule has 20 heteroatoms. The molecule has 0 aliphatic carbocycles. The molecule has 0 bridgehead atoms. The van der Waals surface area contributed by atoms with Gasteiger partial charge in [0.15, 0.2) is 17.0 Å². The molecule has 0 radical (unpaired) electrons. The summed E-state index contributed by atoms with van der Waals surface area (Å²) in [5.41, 5.74) is 14.9. The average Bonchev–Trinajstić information content (AvgIpc) is 3.85. The number of aldehydes is 1. The zero-order valence-electron chi connectivity index (χ0n) is 31.6. The van der Waals surface area contributed by atoms with E-state index < -0.39 is 16.5 Å². The number of likely N-dealkylation sites (N-methyl/N-ethyl adjacent to an activating group) is 2. The molecule has 3 aromatic heterocycles. The van der Waals surface area contributed by atoms with Gasteiger partial charge >= 0.3 is 40.2 Å². The van der Waals surface area contributed by atoms with Crippen LogP contribution in [0.5, 0.6) is 0 Å².